The summed E-state index contributed by atoms with van der Waals surface area (Å²) in [5, 5.41) is 56.4. The molecule has 0 atom stereocenters. The van der Waals surface area contributed by atoms with E-state index in [1.807, 2.05) is 94.8 Å². The Labute approximate surface area is 845 Å². The third-order valence-electron chi connectivity index (χ3n) is 24.5. The molecule has 149 heavy (non-hydrogen) atoms. The van der Waals surface area contributed by atoms with E-state index in [0.717, 1.165) is 85.1 Å². The number of anilines is 8. The molecular formula is C103H90F4N22O19S. The van der Waals surface area contributed by atoms with E-state index in [4.69, 9.17) is 61.8 Å². The number of aryl methyl sites for hydroxylation is 1. The van der Waals surface area contributed by atoms with Crippen LogP contribution in [0.15, 0.2) is 208 Å². The summed E-state index contributed by atoms with van der Waals surface area (Å²) >= 11 is 1.56. The van der Waals surface area contributed by atoms with E-state index >= 15 is 0 Å². The molecule has 760 valence electrons. The van der Waals surface area contributed by atoms with Crippen molar-refractivity contribution in [1.29, 1.82) is 0 Å². The Morgan fingerprint density at radius 2 is 0.765 bits per heavy atom. The van der Waals surface area contributed by atoms with E-state index in [0.29, 0.717) is 130 Å². The van der Waals surface area contributed by atoms with Crippen molar-refractivity contribution < 1.29 is 108 Å². The SMILES string of the molecule is CC(C)N(C)c1nc2oc(C(=O)O)cc2nc1-c1cccs1.CC(C)N(C)c1nc2oc(C(=O)O)cc2nc1C1CCCC1.CN(c1ccccc1)c1nc2oc(C(=O)O)nc2nc1-c1ccc(F)cc1.O=C(O)c1nc2nc(-c3ccc(F)cc3)c(N3CCCC3)nc2o1.O=C(O)c1nc2nc(-c3ccc(F)cc3)c(N3CCCc4ccccc43)nc2o1.O=C(O)c1nc2nc(-c3ccc(F)cc3)c(N3CCOCC3)nc2o1. The van der Waals surface area contributed by atoms with Crippen LogP contribution in [0, 0.1) is 23.3 Å². The summed E-state index contributed by atoms with van der Waals surface area (Å²) in [4.78, 5) is 149. The van der Waals surface area contributed by atoms with Crippen LogP contribution in [0.2, 0.25) is 0 Å². The van der Waals surface area contributed by atoms with E-state index in [2.05, 4.69) is 118 Å². The second-order valence-electron chi connectivity index (χ2n) is 34.9. The number of aromatic carboxylic acids is 6. The Bertz CT molecular complexity index is 8150. The largest absolute Gasteiger partial charge is 0.475 e. The first-order valence-corrected chi connectivity index (χ1v) is 47.7. The van der Waals surface area contributed by atoms with Gasteiger partial charge in [-0.25, -0.2) is 76.2 Å². The predicted molar refractivity (Wildman–Crippen MR) is 538 cm³/mol. The molecule has 6 aromatic carbocycles. The highest BCUT2D eigenvalue weighted by atomic mass is 32.1. The Balaban J connectivity index is 0.000000117. The van der Waals surface area contributed by atoms with Gasteiger partial charge in [0.05, 0.1) is 23.8 Å². The number of nitrogens with zero attached hydrogens (tertiary/aromatic N) is 22. The maximum atomic E-state index is 13.5. The van der Waals surface area contributed by atoms with Crippen molar-refractivity contribution in [3.8, 4) is 55.6 Å². The quantitative estimate of drug-likeness (QED) is 0.0364. The van der Waals surface area contributed by atoms with Crippen LogP contribution in [0.5, 0.6) is 0 Å². The molecule has 23 rings (SSSR count). The lowest BCUT2D eigenvalue weighted by atomic mass is 10.0. The number of para-hydroxylation sites is 2. The van der Waals surface area contributed by atoms with Crippen LogP contribution < -0.4 is 29.4 Å². The summed E-state index contributed by atoms with van der Waals surface area (Å²) < 4.78 is 90.0. The molecule has 0 amide bonds. The van der Waals surface area contributed by atoms with E-state index < -0.39 is 59.4 Å². The van der Waals surface area contributed by atoms with Gasteiger partial charge in [0.1, 0.15) is 62.8 Å². The molecule has 0 radical (unpaired) electrons. The summed E-state index contributed by atoms with van der Waals surface area (Å²) in [7, 11) is 5.71. The van der Waals surface area contributed by atoms with Gasteiger partial charge < -0.3 is 91.3 Å². The average molecular weight is 2050 g/mol. The minimum absolute atomic E-state index is 0.0102. The smallest absolute Gasteiger partial charge is 0.392 e. The summed E-state index contributed by atoms with van der Waals surface area (Å²) in [6.07, 6.45) is 8.61. The molecule has 19 aromatic rings. The zero-order chi connectivity index (χ0) is 105. The van der Waals surface area contributed by atoms with Crippen LogP contribution >= 0.6 is 11.3 Å². The van der Waals surface area contributed by atoms with Gasteiger partial charge in [-0.15, -0.1) is 11.3 Å². The molecule has 3 fully saturated rings. The maximum Gasteiger partial charge on any atom is 0.392 e. The van der Waals surface area contributed by atoms with Crippen LogP contribution in [0.3, 0.4) is 0 Å². The minimum atomic E-state index is -1.31. The van der Waals surface area contributed by atoms with E-state index in [9.17, 15) is 51.4 Å². The number of fused-ring (bicyclic) bond motifs is 7. The fraction of sp³-hybridized carbons (Fsp3) is 0.243. The number of halogens is 4. The van der Waals surface area contributed by atoms with Gasteiger partial charge in [0.2, 0.25) is 45.5 Å². The number of oxazole rings is 4. The van der Waals surface area contributed by atoms with Crippen molar-refractivity contribution in [2.45, 2.75) is 97.1 Å². The first-order chi connectivity index (χ1) is 71.8. The van der Waals surface area contributed by atoms with Crippen LogP contribution in [0.1, 0.15) is 154 Å². The Morgan fingerprint density at radius 3 is 1.21 bits per heavy atom. The summed E-state index contributed by atoms with van der Waals surface area (Å²) in [5.41, 5.74) is 11.3. The molecule has 4 aliphatic rings. The lowest BCUT2D eigenvalue weighted by Crippen LogP contribution is -2.37. The van der Waals surface area contributed by atoms with Crippen molar-refractivity contribution >= 4 is 161 Å². The predicted octanol–water partition coefficient (Wildman–Crippen LogP) is 19.7. The van der Waals surface area contributed by atoms with Gasteiger partial charge in [0.15, 0.2) is 34.9 Å². The number of hydrogen-bond donors (Lipinski definition) is 6. The second kappa shape index (κ2) is 43.7. The Hall–Kier alpha value is -18.2. The highest BCUT2D eigenvalue weighted by Crippen LogP contribution is 2.44. The van der Waals surface area contributed by atoms with Crippen LogP contribution in [-0.4, -0.2) is 225 Å². The fourth-order valence-corrected chi connectivity index (χ4v) is 17.4. The summed E-state index contributed by atoms with van der Waals surface area (Å²) in [5.74, 6) is -7.05. The monoisotopic (exact) mass is 2050 g/mol. The fourth-order valence-electron chi connectivity index (χ4n) is 16.7. The first kappa shape index (κ1) is 101. The highest BCUT2D eigenvalue weighted by molar-refractivity contribution is 7.13. The number of carbonyl (C=O) groups is 6. The third kappa shape index (κ3) is 22.4. The van der Waals surface area contributed by atoms with Crippen molar-refractivity contribution in [2.75, 3.05) is 96.5 Å². The second-order valence-corrected chi connectivity index (χ2v) is 35.9. The maximum absolute atomic E-state index is 13.5. The molecule has 1 saturated carbocycles. The van der Waals surface area contributed by atoms with Gasteiger partial charge in [0, 0.05) is 118 Å². The van der Waals surface area contributed by atoms with Crippen molar-refractivity contribution in [1.82, 2.24) is 79.7 Å². The zero-order valence-electron chi connectivity index (χ0n) is 80.4. The van der Waals surface area contributed by atoms with Gasteiger partial charge in [-0.05, 0) is 198 Å². The van der Waals surface area contributed by atoms with Crippen LogP contribution in [-0.2, 0) is 11.2 Å². The van der Waals surface area contributed by atoms with Gasteiger partial charge >= 0.3 is 59.4 Å². The number of carboxylic acids is 6. The lowest BCUT2D eigenvalue weighted by molar-refractivity contribution is 0.0646. The summed E-state index contributed by atoms with van der Waals surface area (Å²) in [6, 6.07) is 48.2. The van der Waals surface area contributed by atoms with E-state index in [1.54, 1.807) is 71.8 Å². The number of rotatable bonds is 21. The molecule has 1 aliphatic carbocycles. The lowest BCUT2D eigenvalue weighted by Gasteiger charge is -2.31. The molecular weight excluding hydrogens is 1960 g/mol. The van der Waals surface area contributed by atoms with Gasteiger partial charge in [-0.2, -0.15) is 49.8 Å². The van der Waals surface area contributed by atoms with E-state index in [-0.39, 0.29) is 98.0 Å². The number of thiophene rings is 1. The molecule has 0 unspecified atom stereocenters. The molecule has 46 heteroatoms. The number of benzene rings is 6. The number of carboxylic acid groups (broad SMARTS) is 6. The normalized spacial score (nSPS) is 13.4. The molecule has 41 nitrogen and oxygen atoms in total. The molecule has 0 spiro atoms. The number of furan rings is 2. The van der Waals surface area contributed by atoms with Gasteiger partial charge in [-0.3, -0.25) is 0 Å². The van der Waals surface area contributed by atoms with Crippen molar-refractivity contribution in [3.05, 3.63) is 251 Å². The molecule has 0 bridgehead atoms. The zero-order valence-corrected chi connectivity index (χ0v) is 81.2. The molecule has 16 heterocycles. The number of hydrogen-bond acceptors (Lipinski definition) is 36. The first-order valence-electron chi connectivity index (χ1n) is 46.8. The molecule has 2 saturated heterocycles. The molecule has 3 aliphatic heterocycles. The minimum Gasteiger partial charge on any atom is -0.475 e. The number of ether oxygens (including phenoxy) is 1. The van der Waals surface area contributed by atoms with Gasteiger partial charge in [-0.1, -0.05) is 55.3 Å². The average Bonchev–Trinajstić information content (AvgIpc) is 1.74. The number of morpholine rings is 1. The molecule has 6 N–H and O–H groups in total. The highest BCUT2D eigenvalue weighted by Gasteiger charge is 2.34. The van der Waals surface area contributed by atoms with Crippen molar-refractivity contribution in [2.24, 2.45) is 0 Å². The Morgan fingerprint density at radius 1 is 0.369 bits per heavy atom. The standard InChI is InChI=1S/C21H15FN4O3.C19H13FN4O3.C16H13FN4O4.C16H13FN4O3.C16H21N3O3.C15H15N3O3S/c22-14-9-7-13(8-10-14)16-18(25-19-17(23-16)24-20(29-19)21(27)28)26-11-3-5-12-4-1-2-6-15(12)26;1-24(13-5-3-2-4-6-13)16-14(11-7-9-12(20)10-8-11)21-15-17(23-16)27-18(22-15)19(25)26;17-10-3-1-9(2-4-10)11-13(21-5-7-24-8-6-21)20-14-12(18-11)19-15(25-14)16(22)23;17-10-5-3-9(4-6-10)11-13(21-7-1-2-8-21)20-14-12(18-11)19-15(24-14)16(22)23;1-9(2)19(3)14-13(10-6-4-5-7-10)17-11-8-12(16(20)21)22-15(11)18-14;1-8(2)18(3)13-12(11-5-4-6-22-11)16-9-7-10(15(19)20)21-14(9)17-13/h1-2,4,6-10H,3,5,11H2,(H,27,28);2-10H,1H3,(H,25,26);1-4H,5-8H2,(H,22,23);3-6H,1-2,7-8H2,(H,22,23);8-10H,4-7H2,1-3H3,(H,20,21);4-8H,1-3H3,(H,19,20). The summed E-state index contributed by atoms with van der Waals surface area (Å²) in [6.45, 7) is 12.9. The van der Waals surface area contributed by atoms with Gasteiger partial charge in [0.25, 0.3) is 22.9 Å². The van der Waals surface area contributed by atoms with E-state index in [1.165, 1.54) is 79.1 Å². The van der Waals surface area contributed by atoms with Crippen molar-refractivity contribution in [3.63, 3.8) is 0 Å². The third-order valence-corrected chi connectivity index (χ3v) is 25.4. The topological polar surface area (TPSA) is 538 Å². The number of aromatic nitrogens is 16. The van der Waals surface area contributed by atoms with Crippen LogP contribution in [0.25, 0.3) is 124 Å². The Kier molecular flexibility index (Phi) is 29.6. The molecule has 13 aromatic heterocycles. The van der Waals surface area contributed by atoms with Crippen LogP contribution in [0.4, 0.5) is 63.8 Å².